The molecule has 2 heteroatoms. The second-order valence-electron chi connectivity index (χ2n) is 5.15. The minimum Gasteiger partial charge on any atom is -0.300 e. The van der Waals surface area contributed by atoms with Crippen LogP contribution in [0.4, 0.5) is 0 Å². The predicted molar refractivity (Wildman–Crippen MR) is 53.1 cm³/mol. The highest BCUT2D eigenvalue weighted by molar-refractivity contribution is 4.88. The quantitative estimate of drug-likeness (QED) is 0.644. The van der Waals surface area contributed by atoms with E-state index in [4.69, 9.17) is 0 Å². The lowest BCUT2D eigenvalue weighted by Crippen LogP contribution is -2.37. The Bertz CT molecular complexity index is 146. The summed E-state index contributed by atoms with van der Waals surface area (Å²) in [6.45, 7) is 13.7. The van der Waals surface area contributed by atoms with Gasteiger partial charge < -0.3 is 0 Å². The summed E-state index contributed by atoms with van der Waals surface area (Å²) in [5, 5.41) is 3.55. The molecule has 0 radical (unpaired) electrons. The highest BCUT2D eigenvalue weighted by atomic mass is 15.3. The molecular weight excluding hydrogens is 148 g/mol. The van der Waals surface area contributed by atoms with Crippen LogP contribution in [-0.2, 0) is 0 Å². The molecule has 1 atom stereocenters. The molecule has 0 aliphatic carbocycles. The van der Waals surface area contributed by atoms with Crippen molar-refractivity contribution in [2.75, 3.05) is 13.2 Å². The molecule has 1 rings (SSSR count). The summed E-state index contributed by atoms with van der Waals surface area (Å²) in [5.74, 6) is 0. The van der Waals surface area contributed by atoms with Crippen LogP contribution in [0.1, 0.15) is 34.6 Å². The van der Waals surface area contributed by atoms with Crippen LogP contribution in [0.25, 0.3) is 0 Å². The predicted octanol–water partition coefficient (Wildman–Crippen LogP) is 1.67. The number of hydrogen-bond acceptors (Lipinski definition) is 2. The molecule has 12 heavy (non-hydrogen) atoms. The van der Waals surface area contributed by atoms with E-state index in [1.165, 1.54) is 6.54 Å². The summed E-state index contributed by atoms with van der Waals surface area (Å²) in [4.78, 5) is 2.48. The van der Waals surface area contributed by atoms with Crippen LogP contribution in [0.2, 0.25) is 0 Å². The van der Waals surface area contributed by atoms with Crippen molar-refractivity contribution in [3.63, 3.8) is 0 Å². The molecule has 1 fully saturated rings. The van der Waals surface area contributed by atoms with E-state index in [1.807, 2.05) is 0 Å². The summed E-state index contributed by atoms with van der Waals surface area (Å²) < 4.78 is 0. The first-order valence-electron chi connectivity index (χ1n) is 4.88. The molecule has 2 nitrogen and oxygen atoms in total. The standard InChI is InChI=1S/C10H22N2/c1-8(2)12-6-9(11-7-12)10(3,4)5/h8-9,11H,6-7H2,1-5H3. The largest absolute Gasteiger partial charge is 0.300 e. The van der Waals surface area contributed by atoms with Gasteiger partial charge in [-0.1, -0.05) is 20.8 Å². The van der Waals surface area contributed by atoms with Gasteiger partial charge in [0.1, 0.15) is 0 Å². The second kappa shape index (κ2) is 3.35. The maximum Gasteiger partial charge on any atom is 0.0486 e. The molecule has 0 amide bonds. The second-order valence-corrected chi connectivity index (χ2v) is 5.15. The van der Waals surface area contributed by atoms with Crippen molar-refractivity contribution in [2.45, 2.75) is 46.7 Å². The molecule has 0 aromatic heterocycles. The molecule has 0 aromatic carbocycles. The smallest absolute Gasteiger partial charge is 0.0486 e. The van der Waals surface area contributed by atoms with Gasteiger partial charge in [0.25, 0.3) is 0 Å². The summed E-state index contributed by atoms with van der Waals surface area (Å²) in [7, 11) is 0. The third kappa shape index (κ3) is 2.20. The van der Waals surface area contributed by atoms with Gasteiger partial charge in [0.05, 0.1) is 0 Å². The summed E-state index contributed by atoms with van der Waals surface area (Å²) in [6.07, 6.45) is 0. The van der Waals surface area contributed by atoms with E-state index in [0.29, 0.717) is 17.5 Å². The average molecular weight is 170 g/mol. The van der Waals surface area contributed by atoms with Crippen molar-refractivity contribution in [1.82, 2.24) is 10.2 Å². The van der Waals surface area contributed by atoms with Crippen LogP contribution in [0, 0.1) is 5.41 Å². The van der Waals surface area contributed by atoms with Crippen LogP contribution >= 0.6 is 0 Å². The Morgan fingerprint density at radius 2 is 1.92 bits per heavy atom. The zero-order valence-electron chi connectivity index (χ0n) is 9.02. The number of nitrogens with zero attached hydrogens (tertiary/aromatic N) is 1. The Kier molecular flexibility index (Phi) is 2.79. The van der Waals surface area contributed by atoms with Crippen molar-refractivity contribution in [3.8, 4) is 0 Å². The lowest BCUT2D eigenvalue weighted by atomic mass is 9.87. The van der Waals surface area contributed by atoms with Crippen molar-refractivity contribution in [3.05, 3.63) is 0 Å². The van der Waals surface area contributed by atoms with E-state index >= 15 is 0 Å². The zero-order chi connectivity index (χ0) is 9.35. The summed E-state index contributed by atoms with van der Waals surface area (Å²) in [5.41, 5.74) is 0.392. The molecule has 1 unspecified atom stereocenters. The van der Waals surface area contributed by atoms with Gasteiger partial charge in [-0.25, -0.2) is 0 Å². The lowest BCUT2D eigenvalue weighted by Gasteiger charge is -2.27. The van der Waals surface area contributed by atoms with E-state index in [0.717, 1.165) is 6.67 Å². The first-order valence-corrected chi connectivity index (χ1v) is 4.88. The molecule has 1 heterocycles. The molecule has 1 aliphatic rings. The van der Waals surface area contributed by atoms with Gasteiger partial charge in [0.15, 0.2) is 0 Å². The molecule has 0 spiro atoms. The number of rotatable bonds is 1. The molecular formula is C10H22N2. The average Bonchev–Trinajstić information content (AvgIpc) is 2.30. The van der Waals surface area contributed by atoms with Gasteiger partial charge in [0.2, 0.25) is 0 Å². The highest BCUT2D eigenvalue weighted by Gasteiger charge is 2.31. The molecule has 72 valence electrons. The van der Waals surface area contributed by atoms with Gasteiger partial charge >= 0.3 is 0 Å². The maximum absolute atomic E-state index is 3.55. The van der Waals surface area contributed by atoms with Crippen molar-refractivity contribution >= 4 is 0 Å². The van der Waals surface area contributed by atoms with E-state index < -0.39 is 0 Å². The molecule has 0 bridgehead atoms. The Labute approximate surface area is 76.3 Å². The monoisotopic (exact) mass is 170 g/mol. The maximum atomic E-state index is 3.55. The molecule has 0 saturated carbocycles. The van der Waals surface area contributed by atoms with Crippen molar-refractivity contribution < 1.29 is 0 Å². The van der Waals surface area contributed by atoms with Crippen LogP contribution in [0.15, 0.2) is 0 Å². The molecule has 1 saturated heterocycles. The van der Waals surface area contributed by atoms with Gasteiger partial charge in [-0.3, -0.25) is 10.2 Å². The van der Waals surface area contributed by atoms with Crippen molar-refractivity contribution in [1.29, 1.82) is 0 Å². The van der Waals surface area contributed by atoms with Gasteiger partial charge in [-0.15, -0.1) is 0 Å². The SMILES string of the molecule is CC(C)N1CNC(C(C)(C)C)C1. The summed E-state index contributed by atoms with van der Waals surface area (Å²) in [6, 6.07) is 1.32. The minimum absolute atomic E-state index is 0.392. The topological polar surface area (TPSA) is 15.3 Å². The number of hydrogen-bond donors (Lipinski definition) is 1. The van der Waals surface area contributed by atoms with E-state index in [1.54, 1.807) is 0 Å². The Hall–Kier alpha value is -0.0800. The molecule has 1 N–H and O–H groups in total. The molecule has 0 aromatic rings. The lowest BCUT2D eigenvalue weighted by molar-refractivity contribution is 0.245. The zero-order valence-corrected chi connectivity index (χ0v) is 9.02. The number of nitrogens with one attached hydrogen (secondary N) is 1. The van der Waals surface area contributed by atoms with Gasteiger partial charge in [-0.2, -0.15) is 0 Å². The van der Waals surface area contributed by atoms with E-state index in [9.17, 15) is 0 Å². The third-order valence-corrected chi connectivity index (χ3v) is 2.73. The van der Waals surface area contributed by atoms with Crippen LogP contribution in [-0.4, -0.2) is 30.2 Å². The fourth-order valence-corrected chi connectivity index (χ4v) is 1.56. The first-order chi connectivity index (χ1) is 5.41. The Morgan fingerprint density at radius 3 is 2.17 bits per heavy atom. The first kappa shape index (κ1) is 10.0. The fourth-order valence-electron chi connectivity index (χ4n) is 1.56. The minimum atomic E-state index is 0.392. The van der Waals surface area contributed by atoms with Gasteiger partial charge in [0, 0.05) is 25.3 Å². The Balaban J connectivity index is 2.46. The Morgan fingerprint density at radius 1 is 1.33 bits per heavy atom. The van der Waals surface area contributed by atoms with E-state index in [2.05, 4.69) is 44.8 Å². The molecule has 1 aliphatic heterocycles. The summed E-state index contributed by atoms with van der Waals surface area (Å²) >= 11 is 0. The van der Waals surface area contributed by atoms with E-state index in [-0.39, 0.29) is 0 Å². The van der Waals surface area contributed by atoms with Gasteiger partial charge in [-0.05, 0) is 19.3 Å². The van der Waals surface area contributed by atoms with Crippen LogP contribution in [0.5, 0.6) is 0 Å². The van der Waals surface area contributed by atoms with Crippen LogP contribution in [0.3, 0.4) is 0 Å². The third-order valence-electron chi connectivity index (χ3n) is 2.73. The highest BCUT2D eigenvalue weighted by Crippen LogP contribution is 2.23. The van der Waals surface area contributed by atoms with Crippen molar-refractivity contribution in [2.24, 2.45) is 5.41 Å². The fraction of sp³-hybridized carbons (Fsp3) is 1.00. The normalized spacial score (nSPS) is 27.0. The van der Waals surface area contributed by atoms with Crippen LogP contribution < -0.4 is 5.32 Å².